The number of fused-ring (bicyclic) bond motifs is 1. The molecule has 0 aliphatic carbocycles. The second-order valence-corrected chi connectivity index (χ2v) is 10.8. The van der Waals surface area contributed by atoms with E-state index in [2.05, 4.69) is 10.6 Å². The van der Waals surface area contributed by atoms with Gasteiger partial charge in [0.15, 0.2) is 0 Å². The van der Waals surface area contributed by atoms with Crippen LogP contribution in [0.25, 0.3) is 0 Å². The van der Waals surface area contributed by atoms with E-state index < -0.39 is 33.8 Å². The Morgan fingerprint density at radius 2 is 1.71 bits per heavy atom. The Morgan fingerprint density at radius 1 is 1.06 bits per heavy atom. The highest BCUT2D eigenvalue weighted by molar-refractivity contribution is 7.93. The van der Waals surface area contributed by atoms with Crippen molar-refractivity contribution in [3.8, 4) is 0 Å². The Kier molecular flexibility index (Phi) is 6.87. The zero-order chi connectivity index (χ0) is 25.3. The van der Waals surface area contributed by atoms with Gasteiger partial charge < -0.3 is 10.6 Å². The fourth-order valence-corrected chi connectivity index (χ4v) is 6.39. The summed E-state index contributed by atoms with van der Waals surface area (Å²) in [6.07, 6.45) is 0. The van der Waals surface area contributed by atoms with E-state index >= 15 is 0 Å². The quantitative estimate of drug-likeness (QED) is 0.512. The zero-order valence-corrected chi connectivity index (χ0v) is 21.2. The van der Waals surface area contributed by atoms with Crippen LogP contribution in [0.15, 0.2) is 71.6 Å². The van der Waals surface area contributed by atoms with Gasteiger partial charge in [-0.05, 0) is 54.8 Å². The van der Waals surface area contributed by atoms with Gasteiger partial charge in [0.1, 0.15) is 6.04 Å². The summed E-state index contributed by atoms with van der Waals surface area (Å²) in [5.41, 5.74) is 2.59. The maximum absolute atomic E-state index is 14.1. The number of rotatable bonds is 6. The summed E-state index contributed by atoms with van der Waals surface area (Å²) in [5, 5.41) is 6.03. The van der Waals surface area contributed by atoms with E-state index in [1.165, 1.54) is 6.07 Å². The van der Waals surface area contributed by atoms with Gasteiger partial charge in [0.25, 0.3) is 10.0 Å². The van der Waals surface area contributed by atoms with E-state index in [4.69, 9.17) is 11.6 Å². The van der Waals surface area contributed by atoms with Gasteiger partial charge in [-0.3, -0.25) is 13.9 Å². The van der Waals surface area contributed by atoms with Crippen molar-refractivity contribution in [1.82, 2.24) is 5.32 Å². The first-order valence-electron chi connectivity index (χ1n) is 11.1. The lowest BCUT2D eigenvalue weighted by Crippen LogP contribution is -2.57. The second-order valence-electron chi connectivity index (χ2n) is 8.61. The lowest BCUT2D eigenvalue weighted by Gasteiger charge is -2.39. The van der Waals surface area contributed by atoms with Crippen molar-refractivity contribution in [3.05, 3.63) is 88.4 Å². The Balaban J connectivity index is 1.76. The van der Waals surface area contributed by atoms with Crippen LogP contribution >= 0.6 is 11.6 Å². The molecule has 7 nitrogen and oxygen atoms in total. The van der Waals surface area contributed by atoms with Crippen LogP contribution in [0.1, 0.15) is 23.6 Å². The smallest absolute Gasteiger partial charge is 0.265 e. The van der Waals surface area contributed by atoms with Crippen molar-refractivity contribution in [2.75, 3.05) is 9.62 Å². The minimum Gasteiger partial charge on any atom is -0.352 e. The minimum atomic E-state index is -4.24. The molecule has 0 bridgehead atoms. The summed E-state index contributed by atoms with van der Waals surface area (Å²) < 4.78 is 29.2. The Labute approximate surface area is 210 Å². The average Bonchev–Trinajstić information content (AvgIpc) is 2.84. The number of aryl methyl sites for hydroxylation is 2. The Morgan fingerprint density at radius 3 is 2.43 bits per heavy atom. The fourth-order valence-electron chi connectivity index (χ4n) is 4.17. The number of carbonyl (C=O) groups is 2. The summed E-state index contributed by atoms with van der Waals surface area (Å²) in [6.45, 7) is 5.19. The average molecular weight is 512 g/mol. The highest BCUT2D eigenvalue weighted by atomic mass is 35.5. The fraction of sp³-hybridized carbons (Fsp3) is 0.231. The molecule has 2 N–H and O–H groups in total. The number of amides is 2. The Hall–Kier alpha value is -3.36. The van der Waals surface area contributed by atoms with Gasteiger partial charge in [0.05, 0.1) is 22.2 Å². The van der Waals surface area contributed by atoms with Crippen molar-refractivity contribution >= 4 is 44.8 Å². The van der Waals surface area contributed by atoms with Crippen LogP contribution in [0.5, 0.6) is 0 Å². The molecule has 0 saturated heterocycles. The molecule has 0 saturated carbocycles. The number of para-hydroxylation sites is 2. The largest absolute Gasteiger partial charge is 0.352 e. The number of sulfonamides is 1. The third-order valence-corrected chi connectivity index (χ3v) is 8.45. The molecular formula is C26H26ClN3O4S. The number of nitrogens with one attached hydrogen (secondary N) is 2. The molecule has 0 fully saturated rings. The van der Waals surface area contributed by atoms with Crippen molar-refractivity contribution < 1.29 is 18.0 Å². The number of nitrogens with zero attached hydrogens (tertiary/aromatic N) is 1. The topological polar surface area (TPSA) is 95.6 Å². The third-order valence-electron chi connectivity index (χ3n) is 6.11. The molecule has 2 amide bonds. The summed E-state index contributed by atoms with van der Waals surface area (Å²) in [7, 11) is -4.24. The molecule has 4 rings (SSSR count). The van der Waals surface area contributed by atoms with Crippen LogP contribution in [0.4, 0.5) is 11.4 Å². The molecule has 1 heterocycles. The van der Waals surface area contributed by atoms with Crippen molar-refractivity contribution in [2.24, 2.45) is 5.92 Å². The maximum atomic E-state index is 14.1. The molecular weight excluding hydrogens is 486 g/mol. The summed E-state index contributed by atoms with van der Waals surface area (Å²) in [6, 6.07) is 17.8. The van der Waals surface area contributed by atoms with Gasteiger partial charge in [-0.2, -0.15) is 0 Å². The van der Waals surface area contributed by atoms with Crippen LogP contribution in [0, 0.1) is 19.8 Å². The van der Waals surface area contributed by atoms with E-state index in [9.17, 15) is 18.0 Å². The molecule has 35 heavy (non-hydrogen) atoms. The summed E-state index contributed by atoms with van der Waals surface area (Å²) in [5.74, 6) is -1.98. The predicted octanol–water partition coefficient (Wildman–Crippen LogP) is 4.43. The van der Waals surface area contributed by atoms with Gasteiger partial charge in [0, 0.05) is 11.6 Å². The standard InChI is InChI=1S/C26H26ClN3O4S/c1-16-14-23(17(2)13-20(16)27)35(33,34)30-22-12-8-7-11-21(22)29-26(32)24(30)18(3)25(31)28-15-19-9-5-4-6-10-19/h4-14,18,24H,15H2,1-3H3,(H,28,31)(H,29,32). The molecule has 0 spiro atoms. The first kappa shape index (κ1) is 24.8. The van der Waals surface area contributed by atoms with Gasteiger partial charge in [-0.1, -0.05) is 61.0 Å². The van der Waals surface area contributed by atoms with Crippen molar-refractivity contribution in [2.45, 2.75) is 38.3 Å². The maximum Gasteiger partial charge on any atom is 0.265 e. The highest BCUT2D eigenvalue weighted by Crippen LogP contribution is 2.39. The number of carbonyl (C=O) groups excluding carboxylic acids is 2. The number of anilines is 2. The van der Waals surface area contributed by atoms with Crippen LogP contribution in [0.2, 0.25) is 5.02 Å². The Bertz CT molecular complexity index is 1390. The predicted molar refractivity (Wildman–Crippen MR) is 137 cm³/mol. The van der Waals surface area contributed by atoms with E-state index in [0.717, 1.165) is 9.87 Å². The SMILES string of the molecule is Cc1cc(S(=O)(=O)N2c3ccccc3NC(=O)C2C(C)C(=O)NCc2ccccc2)c(C)cc1Cl. The van der Waals surface area contributed by atoms with Crippen molar-refractivity contribution in [1.29, 1.82) is 0 Å². The van der Waals surface area contributed by atoms with Gasteiger partial charge >= 0.3 is 0 Å². The van der Waals surface area contributed by atoms with Crippen LogP contribution in [-0.2, 0) is 26.2 Å². The number of benzene rings is 3. The molecule has 3 aromatic carbocycles. The number of hydrogen-bond acceptors (Lipinski definition) is 4. The van der Waals surface area contributed by atoms with E-state index in [1.807, 2.05) is 30.3 Å². The van der Waals surface area contributed by atoms with E-state index in [0.29, 0.717) is 27.5 Å². The molecule has 2 unspecified atom stereocenters. The first-order chi connectivity index (χ1) is 16.6. The van der Waals surface area contributed by atoms with Crippen LogP contribution in [-0.4, -0.2) is 26.3 Å². The molecule has 0 radical (unpaired) electrons. The molecule has 182 valence electrons. The summed E-state index contributed by atoms with van der Waals surface area (Å²) >= 11 is 6.21. The van der Waals surface area contributed by atoms with Gasteiger partial charge in [0.2, 0.25) is 11.8 Å². The number of hydrogen-bond donors (Lipinski definition) is 2. The second kappa shape index (κ2) is 9.71. The normalized spacial score (nSPS) is 16.3. The molecule has 2 atom stereocenters. The zero-order valence-electron chi connectivity index (χ0n) is 19.6. The van der Waals surface area contributed by atoms with Gasteiger partial charge in [-0.15, -0.1) is 0 Å². The van der Waals surface area contributed by atoms with Crippen LogP contribution in [0.3, 0.4) is 0 Å². The van der Waals surface area contributed by atoms with E-state index in [-0.39, 0.29) is 11.4 Å². The molecule has 1 aliphatic rings. The number of halogens is 1. The third kappa shape index (κ3) is 4.76. The minimum absolute atomic E-state index is 0.0331. The lowest BCUT2D eigenvalue weighted by molar-refractivity contribution is -0.129. The van der Waals surface area contributed by atoms with Crippen molar-refractivity contribution in [3.63, 3.8) is 0 Å². The monoisotopic (exact) mass is 511 g/mol. The van der Waals surface area contributed by atoms with E-state index in [1.54, 1.807) is 51.1 Å². The van der Waals surface area contributed by atoms with Crippen LogP contribution < -0.4 is 14.9 Å². The summed E-state index contributed by atoms with van der Waals surface area (Å²) in [4.78, 5) is 26.4. The molecule has 0 aromatic heterocycles. The molecule has 1 aliphatic heterocycles. The first-order valence-corrected chi connectivity index (χ1v) is 13.0. The lowest BCUT2D eigenvalue weighted by atomic mass is 9.97. The molecule has 3 aromatic rings. The molecule has 9 heteroatoms. The van der Waals surface area contributed by atoms with Gasteiger partial charge in [-0.25, -0.2) is 8.42 Å². The highest BCUT2D eigenvalue weighted by Gasteiger charge is 2.46.